The van der Waals surface area contributed by atoms with Crippen LogP contribution in [0.2, 0.25) is 0 Å². The Morgan fingerprint density at radius 2 is 1.24 bits per heavy atom. The molecule has 0 bridgehead atoms. The molecule has 0 amide bonds. The van der Waals surface area contributed by atoms with Gasteiger partial charge in [-0.25, -0.2) is 0 Å². The van der Waals surface area contributed by atoms with Gasteiger partial charge < -0.3 is 0 Å². The maximum absolute atomic E-state index is 7.46. The molecule has 1 spiro atoms. The van der Waals surface area contributed by atoms with Crippen LogP contribution in [0.1, 0.15) is 16.8 Å². The fourth-order valence-corrected chi connectivity index (χ4v) is 11.6. The van der Waals surface area contributed by atoms with Crippen molar-refractivity contribution in [3.05, 3.63) is 157 Å². The van der Waals surface area contributed by atoms with E-state index in [2.05, 4.69) is 143 Å². The normalized spacial score (nSPS) is 19.5. The number of fused-ring (bicyclic) bond motifs is 1. The van der Waals surface area contributed by atoms with E-state index in [1.807, 2.05) is 12.1 Å². The van der Waals surface area contributed by atoms with Crippen LogP contribution >= 0.6 is 7.13 Å². The van der Waals surface area contributed by atoms with E-state index in [0.717, 1.165) is 34.6 Å². The van der Waals surface area contributed by atoms with Gasteiger partial charge in [-0.1, -0.05) is 0 Å². The molecule has 0 radical (unpaired) electrons. The van der Waals surface area contributed by atoms with E-state index in [1.54, 1.807) is 0 Å². The van der Waals surface area contributed by atoms with Gasteiger partial charge in [0.2, 0.25) is 0 Å². The second-order valence-corrected chi connectivity index (χ2v) is 13.7. The molecule has 0 fully saturated rings. The average molecular weight is 514 g/mol. The summed E-state index contributed by atoms with van der Waals surface area (Å²) in [5.74, 6) is 0.854. The molecular formula is C33H28N3OP. The van der Waals surface area contributed by atoms with Crippen molar-refractivity contribution in [1.29, 1.82) is 0 Å². The fraction of sp³-hybridized carbons (Fsp3) is 0.0606. The van der Waals surface area contributed by atoms with E-state index in [9.17, 15) is 0 Å². The zero-order valence-corrected chi connectivity index (χ0v) is 21.8. The van der Waals surface area contributed by atoms with Crippen molar-refractivity contribution in [1.82, 2.24) is 0 Å². The van der Waals surface area contributed by atoms with Gasteiger partial charge in [0.05, 0.1) is 0 Å². The molecule has 5 heteroatoms. The minimum absolute atomic E-state index is 0.141. The zero-order valence-electron chi connectivity index (χ0n) is 20.9. The Labute approximate surface area is 223 Å². The standard InChI is InChI=1S/C33H28N3OP/c1-5-15-26(16-6-1)25-31-33(27-17-7-2-8-18-27)38(29-21-11-4-12-22-29,35-30-23-13-14-24-32(30)37-38)36(34-31)28-19-9-3-10-20-28/h1-24,33,35H,25H2/t33-/m1/s1. The third kappa shape index (κ3) is 3.31. The predicted octanol–water partition coefficient (Wildman–Crippen LogP) is 7.97. The molecule has 2 aliphatic heterocycles. The quantitative estimate of drug-likeness (QED) is 0.242. The van der Waals surface area contributed by atoms with Crippen molar-refractivity contribution in [3.63, 3.8) is 0 Å². The van der Waals surface area contributed by atoms with Gasteiger partial charge in [0.25, 0.3) is 0 Å². The Morgan fingerprint density at radius 3 is 1.92 bits per heavy atom. The van der Waals surface area contributed by atoms with E-state index in [-0.39, 0.29) is 5.66 Å². The number of hydrazone groups is 1. The molecule has 0 aromatic heterocycles. The first-order valence-electron chi connectivity index (χ1n) is 12.9. The minimum atomic E-state index is -3.81. The Hall–Kier alpha value is -4.40. The Morgan fingerprint density at radius 1 is 0.658 bits per heavy atom. The van der Waals surface area contributed by atoms with E-state index in [1.165, 1.54) is 11.1 Å². The molecule has 2 aliphatic rings. The molecule has 0 unspecified atom stereocenters. The number of benzene rings is 5. The van der Waals surface area contributed by atoms with Gasteiger partial charge in [-0.2, -0.15) is 0 Å². The van der Waals surface area contributed by atoms with Crippen LogP contribution < -0.4 is 19.7 Å². The summed E-state index contributed by atoms with van der Waals surface area (Å²) in [5.41, 5.74) is 5.34. The second-order valence-electron chi connectivity index (χ2n) is 9.78. The SMILES string of the molecule is c1ccc(CC2=NN(c3ccccc3)P3(c4ccccc4)(Nc4ccccc4O3)[C@@H]2c2ccccc2)cc1. The van der Waals surface area contributed by atoms with Gasteiger partial charge in [0, 0.05) is 0 Å². The van der Waals surface area contributed by atoms with Gasteiger partial charge in [0.15, 0.2) is 0 Å². The summed E-state index contributed by atoms with van der Waals surface area (Å²) < 4.78 is 9.67. The van der Waals surface area contributed by atoms with E-state index in [4.69, 9.17) is 9.63 Å². The van der Waals surface area contributed by atoms with E-state index < -0.39 is 7.13 Å². The van der Waals surface area contributed by atoms with E-state index >= 15 is 0 Å². The molecular weight excluding hydrogens is 485 g/mol. The molecule has 7 rings (SSSR count). The summed E-state index contributed by atoms with van der Waals surface area (Å²) in [5, 5.41) is 10.7. The van der Waals surface area contributed by atoms with Crippen LogP contribution in [-0.4, -0.2) is 5.71 Å². The topological polar surface area (TPSA) is 36.9 Å². The molecule has 0 saturated heterocycles. The van der Waals surface area contributed by atoms with Gasteiger partial charge in [-0.15, -0.1) is 0 Å². The molecule has 186 valence electrons. The predicted molar refractivity (Wildman–Crippen MR) is 159 cm³/mol. The van der Waals surface area contributed by atoms with Crippen molar-refractivity contribution < 1.29 is 4.52 Å². The molecule has 1 N–H and O–H groups in total. The first-order chi connectivity index (χ1) is 18.8. The molecule has 5 aromatic carbocycles. The molecule has 2 heterocycles. The van der Waals surface area contributed by atoms with E-state index in [0.29, 0.717) is 0 Å². The van der Waals surface area contributed by atoms with Crippen molar-refractivity contribution in [2.24, 2.45) is 5.10 Å². The molecule has 5 aromatic rings. The number of nitrogens with zero attached hydrogens (tertiary/aromatic N) is 2. The van der Waals surface area contributed by atoms with Crippen molar-refractivity contribution in [2.75, 3.05) is 9.87 Å². The number of nitrogens with one attached hydrogen (secondary N) is 1. The molecule has 4 nitrogen and oxygen atoms in total. The summed E-state index contributed by atoms with van der Waals surface area (Å²) >= 11 is 0. The fourth-order valence-electron chi connectivity index (χ4n) is 5.93. The number of hydrogen-bond donors (Lipinski definition) is 1. The Balaban J connectivity index is 1.57. The molecule has 0 aliphatic carbocycles. The van der Waals surface area contributed by atoms with Crippen molar-refractivity contribution >= 4 is 29.5 Å². The third-order valence-electron chi connectivity index (χ3n) is 7.49. The van der Waals surface area contributed by atoms with Crippen molar-refractivity contribution in [3.8, 4) is 5.75 Å². The molecule has 0 saturated carbocycles. The zero-order chi connectivity index (χ0) is 25.4. The van der Waals surface area contributed by atoms with Gasteiger partial charge in [-0.05, 0) is 0 Å². The van der Waals surface area contributed by atoms with Crippen LogP contribution in [0.4, 0.5) is 11.4 Å². The molecule has 1 atom stereocenters. The second kappa shape index (κ2) is 8.86. The summed E-state index contributed by atoms with van der Waals surface area (Å²) in [7, 11) is -3.81. The van der Waals surface area contributed by atoms with Crippen molar-refractivity contribution in [2.45, 2.75) is 12.1 Å². The monoisotopic (exact) mass is 513 g/mol. The van der Waals surface area contributed by atoms with Crippen LogP contribution in [0, 0.1) is 0 Å². The van der Waals surface area contributed by atoms with Crippen LogP contribution in [0.15, 0.2) is 151 Å². The van der Waals surface area contributed by atoms with Gasteiger partial charge in [-0.3, -0.25) is 0 Å². The van der Waals surface area contributed by atoms with Crippen LogP contribution in [0.5, 0.6) is 5.75 Å². The number of rotatable bonds is 5. The summed E-state index contributed by atoms with van der Waals surface area (Å²) in [6.45, 7) is 0. The number of hydrogen-bond acceptors (Lipinski definition) is 4. The number of para-hydroxylation sites is 3. The summed E-state index contributed by atoms with van der Waals surface area (Å²) in [6, 6.07) is 50.7. The van der Waals surface area contributed by atoms with Gasteiger partial charge in [0.1, 0.15) is 0 Å². The van der Waals surface area contributed by atoms with Crippen LogP contribution in [-0.2, 0) is 6.42 Å². The third-order valence-corrected chi connectivity index (χ3v) is 12.6. The average Bonchev–Trinajstić information content (AvgIpc) is 3.48. The molecule has 38 heavy (non-hydrogen) atoms. The summed E-state index contributed by atoms with van der Waals surface area (Å²) in [6.07, 6.45) is 0.718. The maximum atomic E-state index is 7.46. The van der Waals surface area contributed by atoms with Crippen LogP contribution in [0.25, 0.3) is 0 Å². The first-order valence-corrected chi connectivity index (χ1v) is 15.1. The Kier molecular flexibility index (Phi) is 5.31. The summed E-state index contributed by atoms with van der Waals surface area (Å²) in [4.78, 5) is 0. The number of anilines is 2. The Bertz CT molecular complexity index is 1580. The van der Waals surface area contributed by atoms with Crippen LogP contribution in [0.3, 0.4) is 0 Å². The first kappa shape index (κ1) is 22.8. The van der Waals surface area contributed by atoms with Gasteiger partial charge >= 0.3 is 224 Å².